The number of carbonyl (C=O) groups is 2. The number of amides is 2. The van der Waals surface area contributed by atoms with Gasteiger partial charge in [0.2, 0.25) is 0 Å². The summed E-state index contributed by atoms with van der Waals surface area (Å²) in [4.78, 5) is 32.2. The van der Waals surface area contributed by atoms with Gasteiger partial charge in [-0.1, -0.05) is 35.4 Å². The van der Waals surface area contributed by atoms with Crippen LogP contribution in [0.1, 0.15) is 24.0 Å². The van der Waals surface area contributed by atoms with Crippen LogP contribution in [0.25, 0.3) is 0 Å². The van der Waals surface area contributed by atoms with Gasteiger partial charge in [-0.15, -0.1) is 0 Å². The number of likely N-dealkylation sites (tertiary alicyclic amines) is 1. The normalized spacial score (nSPS) is 23.5. The van der Waals surface area contributed by atoms with Crippen molar-refractivity contribution < 1.29 is 28.1 Å². The van der Waals surface area contributed by atoms with Gasteiger partial charge < -0.3 is 15.3 Å². The number of halogens is 2. The SMILES string of the molecule is Cc1cc(F)ccc1N=C1C(C(=O)N2CCC(F)(c3ccccc3)CC2)=CNC2=CC=N[N+]21C(=O)O. The van der Waals surface area contributed by atoms with Crippen molar-refractivity contribution in [2.45, 2.75) is 25.4 Å². The average molecular weight is 493 g/mol. The molecule has 10 heteroatoms. The molecule has 0 bridgehead atoms. The van der Waals surface area contributed by atoms with Gasteiger partial charge in [0.05, 0.1) is 11.9 Å². The third-order valence-electron chi connectivity index (χ3n) is 6.76. The summed E-state index contributed by atoms with van der Waals surface area (Å²) in [5.41, 5.74) is -0.223. The van der Waals surface area contributed by atoms with Gasteiger partial charge in [0.15, 0.2) is 0 Å². The number of carbonyl (C=O) groups excluding carboxylic acids is 1. The van der Waals surface area contributed by atoms with Crippen LogP contribution >= 0.6 is 0 Å². The Balaban J connectivity index is 1.50. The fourth-order valence-electron chi connectivity index (χ4n) is 4.72. The van der Waals surface area contributed by atoms with Gasteiger partial charge in [-0.2, -0.15) is 9.79 Å². The van der Waals surface area contributed by atoms with Crippen LogP contribution < -0.4 is 5.32 Å². The number of amidine groups is 1. The summed E-state index contributed by atoms with van der Waals surface area (Å²) in [7, 11) is 0. The van der Waals surface area contributed by atoms with Crippen LogP contribution in [0.4, 0.5) is 19.3 Å². The molecule has 1 unspecified atom stereocenters. The Kier molecular flexibility index (Phi) is 5.76. The first-order chi connectivity index (χ1) is 17.2. The van der Waals surface area contributed by atoms with Crippen LogP contribution in [0, 0.1) is 12.7 Å². The van der Waals surface area contributed by atoms with E-state index in [9.17, 15) is 19.1 Å². The lowest BCUT2D eigenvalue weighted by Crippen LogP contribution is -2.58. The monoisotopic (exact) mass is 492 g/mol. The van der Waals surface area contributed by atoms with Crippen molar-refractivity contribution >= 4 is 29.7 Å². The molecular formula is C26H24F2N5O3+. The fraction of sp³-hybridized carbons (Fsp3) is 0.231. The Bertz CT molecular complexity index is 1360. The molecule has 184 valence electrons. The standard InChI is InChI=1S/C26H23F2N5O3/c1-17-15-19(27)7-8-21(17)31-23-20(16-29-22-9-12-30-33(22,23)25(35)36)24(34)32-13-10-26(28,11-14-32)18-5-3-2-4-6-18/h2-9,12,15-16H,10-11,13-14H2,1H3,(H-,29,30,31,34,35,36)/p+1. The van der Waals surface area contributed by atoms with E-state index in [1.54, 1.807) is 31.2 Å². The van der Waals surface area contributed by atoms with Crippen LogP contribution in [0.15, 0.2) is 82.3 Å². The zero-order chi connectivity index (χ0) is 25.5. The van der Waals surface area contributed by atoms with Crippen molar-refractivity contribution in [3.8, 4) is 0 Å². The number of nitrogens with zero attached hydrogens (tertiary/aromatic N) is 4. The predicted molar refractivity (Wildman–Crippen MR) is 129 cm³/mol. The highest BCUT2D eigenvalue weighted by molar-refractivity contribution is 6.21. The fourth-order valence-corrected chi connectivity index (χ4v) is 4.72. The van der Waals surface area contributed by atoms with Crippen molar-refractivity contribution in [1.82, 2.24) is 10.2 Å². The molecule has 2 aromatic carbocycles. The number of alkyl halides is 1. The number of piperidine rings is 1. The lowest BCUT2D eigenvalue weighted by Gasteiger charge is -2.38. The Morgan fingerprint density at radius 1 is 1.17 bits per heavy atom. The second-order valence-electron chi connectivity index (χ2n) is 8.93. The summed E-state index contributed by atoms with van der Waals surface area (Å²) in [5, 5.41) is 17.2. The molecule has 5 rings (SSSR count). The predicted octanol–water partition coefficient (Wildman–Crippen LogP) is 4.47. The van der Waals surface area contributed by atoms with E-state index >= 15 is 4.39 Å². The summed E-state index contributed by atoms with van der Waals surface area (Å²) < 4.78 is 28.2. The summed E-state index contributed by atoms with van der Waals surface area (Å²) in [6.07, 6.45) is 3.05. The highest BCUT2D eigenvalue weighted by atomic mass is 19.1. The van der Waals surface area contributed by atoms with Gasteiger partial charge in [-0.25, -0.2) is 8.78 Å². The first-order valence-corrected chi connectivity index (χ1v) is 11.5. The zero-order valence-corrected chi connectivity index (χ0v) is 19.5. The maximum Gasteiger partial charge on any atom is 0.554 e. The molecule has 0 aliphatic carbocycles. The maximum atomic E-state index is 15.6. The van der Waals surface area contributed by atoms with Crippen molar-refractivity contribution in [2.75, 3.05) is 13.1 Å². The lowest BCUT2D eigenvalue weighted by molar-refractivity contribution is -0.732. The molecule has 8 nitrogen and oxygen atoms in total. The molecule has 3 aliphatic heterocycles. The number of quaternary nitrogens is 1. The van der Waals surface area contributed by atoms with Crippen LogP contribution in [-0.4, -0.2) is 51.7 Å². The van der Waals surface area contributed by atoms with E-state index in [-0.39, 0.29) is 43.2 Å². The third-order valence-corrected chi connectivity index (χ3v) is 6.76. The molecule has 1 fully saturated rings. The van der Waals surface area contributed by atoms with Gasteiger partial charge in [0, 0.05) is 38.2 Å². The molecule has 0 saturated carbocycles. The minimum absolute atomic E-state index is 0.0107. The number of aryl methyl sites for hydroxylation is 1. The van der Waals surface area contributed by atoms with E-state index in [0.29, 0.717) is 16.8 Å². The maximum absolute atomic E-state index is 15.6. The summed E-state index contributed by atoms with van der Waals surface area (Å²) in [6.45, 7) is 1.92. The van der Waals surface area contributed by atoms with E-state index in [0.717, 1.165) is 0 Å². The van der Waals surface area contributed by atoms with Gasteiger partial charge in [-0.05, 0) is 40.8 Å². The van der Waals surface area contributed by atoms with E-state index in [1.165, 1.54) is 41.6 Å². The number of aliphatic imine (C=N–C) groups is 1. The number of hydrogen-bond donors (Lipinski definition) is 2. The largest absolute Gasteiger partial charge is 0.554 e. The third kappa shape index (κ3) is 3.79. The molecule has 3 heterocycles. The summed E-state index contributed by atoms with van der Waals surface area (Å²) >= 11 is 0. The van der Waals surface area contributed by atoms with E-state index in [1.807, 2.05) is 6.07 Å². The molecule has 1 saturated heterocycles. The molecule has 0 radical (unpaired) electrons. The number of rotatable bonds is 3. The molecule has 0 aromatic heterocycles. The quantitative estimate of drug-likeness (QED) is 0.618. The Morgan fingerprint density at radius 2 is 1.89 bits per heavy atom. The summed E-state index contributed by atoms with van der Waals surface area (Å²) in [5.74, 6) is -0.905. The Morgan fingerprint density at radius 3 is 2.56 bits per heavy atom. The number of hydrogen-bond acceptors (Lipinski definition) is 5. The summed E-state index contributed by atoms with van der Waals surface area (Å²) in [6, 6.07) is 12.8. The lowest BCUT2D eigenvalue weighted by atomic mass is 9.86. The molecule has 2 amide bonds. The second kappa shape index (κ2) is 8.80. The van der Waals surface area contributed by atoms with Crippen LogP contribution in [0.3, 0.4) is 0 Å². The van der Waals surface area contributed by atoms with E-state index in [2.05, 4.69) is 15.4 Å². The van der Waals surface area contributed by atoms with Crippen molar-refractivity contribution in [2.24, 2.45) is 10.1 Å². The van der Waals surface area contributed by atoms with Crippen LogP contribution in [-0.2, 0) is 10.5 Å². The van der Waals surface area contributed by atoms with Gasteiger partial charge in [-0.3, -0.25) is 4.79 Å². The van der Waals surface area contributed by atoms with Gasteiger partial charge in [0.1, 0.15) is 17.1 Å². The van der Waals surface area contributed by atoms with E-state index in [4.69, 9.17) is 0 Å². The van der Waals surface area contributed by atoms with Crippen LogP contribution in [0.5, 0.6) is 0 Å². The first kappa shape index (κ1) is 23.6. The number of fused-ring (bicyclic) bond motifs is 1. The molecular weight excluding hydrogens is 468 g/mol. The number of carboxylic acid groups (broad SMARTS) is 1. The highest BCUT2D eigenvalue weighted by Crippen LogP contribution is 2.38. The molecule has 2 N–H and O–H groups in total. The molecule has 3 aliphatic rings. The van der Waals surface area contributed by atoms with E-state index < -0.39 is 28.1 Å². The molecule has 2 aromatic rings. The van der Waals surface area contributed by atoms with Gasteiger partial charge >= 0.3 is 6.09 Å². The Hall–Kier alpha value is -4.18. The minimum Gasteiger partial charge on any atom is -0.433 e. The molecule has 1 atom stereocenters. The van der Waals surface area contributed by atoms with Crippen molar-refractivity contribution in [3.63, 3.8) is 0 Å². The average Bonchev–Trinajstić information content (AvgIpc) is 3.32. The van der Waals surface area contributed by atoms with Gasteiger partial charge in [0.25, 0.3) is 17.6 Å². The topological polar surface area (TPSA) is 94.4 Å². The second-order valence-corrected chi connectivity index (χ2v) is 8.93. The molecule has 36 heavy (non-hydrogen) atoms. The Labute approximate surface area is 206 Å². The van der Waals surface area contributed by atoms with Crippen molar-refractivity contribution in [3.05, 3.63) is 89.1 Å². The smallest absolute Gasteiger partial charge is 0.433 e. The number of benzene rings is 2. The number of nitrogens with one attached hydrogen (secondary N) is 1. The number of allylic oxidation sites excluding steroid dienone is 1. The minimum atomic E-state index is -1.55. The van der Waals surface area contributed by atoms with Crippen molar-refractivity contribution in [1.29, 1.82) is 0 Å². The van der Waals surface area contributed by atoms with Crippen LogP contribution in [0.2, 0.25) is 0 Å². The molecule has 0 spiro atoms. The first-order valence-electron chi connectivity index (χ1n) is 11.5. The zero-order valence-electron chi connectivity index (χ0n) is 19.5. The highest BCUT2D eigenvalue weighted by Gasteiger charge is 2.56.